The quantitative estimate of drug-likeness (QED) is 0.633. The highest BCUT2D eigenvalue weighted by atomic mass is 35.5. The third-order valence-electron chi connectivity index (χ3n) is 4.57. The SMILES string of the molecule is C[C@@H]1CCCC[C@@H]1NC(=O)COC(=O)CCNS(=O)(=O)c1ccccc1Cl. The summed E-state index contributed by atoms with van der Waals surface area (Å²) in [5, 5.41) is 2.99. The van der Waals surface area contributed by atoms with E-state index in [9.17, 15) is 18.0 Å². The molecule has 2 rings (SSSR count). The highest BCUT2D eigenvalue weighted by Crippen LogP contribution is 2.23. The summed E-state index contributed by atoms with van der Waals surface area (Å²) in [4.78, 5) is 23.6. The van der Waals surface area contributed by atoms with E-state index < -0.39 is 16.0 Å². The molecule has 1 amide bonds. The maximum Gasteiger partial charge on any atom is 0.307 e. The van der Waals surface area contributed by atoms with Crippen molar-refractivity contribution < 1.29 is 22.7 Å². The molecule has 0 saturated heterocycles. The second-order valence-corrected chi connectivity index (χ2v) is 8.82. The van der Waals surface area contributed by atoms with Crippen LogP contribution in [0.1, 0.15) is 39.0 Å². The van der Waals surface area contributed by atoms with Gasteiger partial charge in [-0.3, -0.25) is 9.59 Å². The van der Waals surface area contributed by atoms with Gasteiger partial charge in [-0.2, -0.15) is 0 Å². The number of nitrogens with one attached hydrogen (secondary N) is 2. The molecule has 0 aromatic heterocycles. The van der Waals surface area contributed by atoms with E-state index in [4.69, 9.17) is 16.3 Å². The van der Waals surface area contributed by atoms with Gasteiger partial charge in [-0.25, -0.2) is 13.1 Å². The van der Waals surface area contributed by atoms with Crippen LogP contribution in [0.15, 0.2) is 29.2 Å². The molecule has 0 aliphatic heterocycles. The van der Waals surface area contributed by atoms with Crippen molar-refractivity contribution in [3.05, 3.63) is 29.3 Å². The minimum atomic E-state index is -3.81. The lowest BCUT2D eigenvalue weighted by Gasteiger charge is -2.29. The molecule has 2 N–H and O–H groups in total. The lowest BCUT2D eigenvalue weighted by molar-refractivity contribution is -0.148. The van der Waals surface area contributed by atoms with Gasteiger partial charge in [0, 0.05) is 12.6 Å². The monoisotopic (exact) mass is 416 g/mol. The molecule has 2 atom stereocenters. The molecule has 27 heavy (non-hydrogen) atoms. The second kappa shape index (κ2) is 10.1. The zero-order valence-corrected chi connectivity index (χ0v) is 16.8. The number of carbonyl (C=O) groups excluding carboxylic acids is 2. The zero-order valence-electron chi connectivity index (χ0n) is 15.2. The molecule has 7 nitrogen and oxygen atoms in total. The van der Waals surface area contributed by atoms with Crippen LogP contribution in [0.2, 0.25) is 5.02 Å². The van der Waals surface area contributed by atoms with Crippen molar-refractivity contribution in [3.8, 4) is 0 Å². The number of carbonyl (C=O) groups is 2. The van der Waals surface area contributed by atoms with E-state index in [0.29, 0.717) is 5.92 Å². The van der Waals surface area contributed by atoms with Crippen LogP contribution < -0.4 is 10.0 Å². The standard InChI is InChI=1S/C18H25ClN2O5S/c1-13-6-2-4-8-15(13)21-17(22)12-26-18(23)10-11-20-27(24,25)16-9-5-3-7-14(16)19/h3,5,7,9,13,15,20H,2,4,6,8,10-12H2,1H3,(H,21,22)/t13-,15+/m1/s1. The van der Waals surface area contributed by atoms with Gasteiger partial charge < -0.3 is 10.1 Å². The van der Waals surface area contributed by atoms with Crippen molar-refractivity contribution in [3.63, 3.8) is 0 Å². The Balaban J connectivity index is 1.70. The van der Waals surface area contributed by atoms with Crippen LogP contribution >= 0.6 is 11.6 Å². The molecule has 1 aliphatic rings. The molecule has 0 unspecified atom stereocenters. The largest absolute Gasteiger partial charge is 0.456 e. The first-order valence-corrected chi connectivity index (χ1v) is 10.8. The third kappa shape index (κ3) is 6.79. The molecule has 0 radical (unpaired) electrons. The number of halogens is 1. The minimum absolute atomic E-state index is 0.0546. The third-order valence-corrected chi connectivity index (χ3v) is 6.53. The Kier molecular flexibility index (Phi) is 8.07. The van der Waals surface area contributed by atoms with E-state index in [1.807, 2.05) is 0 Å². The molecule has 1 aromatic rings. The summed E-state index contributed by atoms with van der Waals surface area (Å²) in [6, 6.07) is 6.14. The minimum Gasteiger partial charge on any atom is -0.456 e. The number of hydrogen-bond acceptors (Lipinski definition) is 5. The van der Waals surface area contributed by atoms with Crippen molar-refractivity contribution in [2.45, 2.75) is 50.0 Å². The van der Waals surface area contributed by atoms with Gasteiger partial charge in [-0.1, -0.05) is 43.5 Å². The van der Waals surface area contributed by atoms with Crippen LogP contribution in [0.25, 0.3) is 0 Å². The number of rotatable bonds is 8. The van der Waals surface area contributed by atoms with E-state index in [2.05, 4.69) is 17.0 Å². The van der Waals surface area contributed by atoms with Crippen LogP contribution in [0.4, 0.5) is 0 Å². The zero-order chi connectivity index (χ0) is 19.9. The van der Waals surface area contributed by atoms with Gasteiger partial charge in [-0.05, 0) is 30.9 Å². The van der Waals surface area contributed by atoms with Gasteiger partial charge in [0.1, 0.15) is 4.90 Å². The highest BCUT2D eigenvalue weighted by molar-refractivity contribution is 7.89. The summed E-state index contributed by atoms with van der Waals surface area (Å²) in [5.41, 5.74) is 0. The summed E-state index contributed by atoms with van der Waals surface area (Å²) in [7, 11) is -3.81. The van der Waals surface area contributed by atoms with Gasteiger partial charge in [0.2, 0.25) is 10.0 Å². The number of esters is 1. The molecular weight excluding hydrogens is 392 g/mol. The predicted molar refractivity (Wildman–Crippen MR) is 102 cm³/mol. The first-order valence-electron chi connectivity index (χ1n) is 8.99. The van der Waals surface area contributed by atoms with Crippen LogP contribution in [0.3, 0.4) is 0 Å². The van der Waals surface area contributed by atoms with Crippen LogP contribution in [0, 0.1) is 5.92 Å². The van der Waals surface area contributed by atoms with Crippen molar-refractivity contribution in [2.24, 2.45) is 5.92 Å². The Labute approximate surface area is 164 Å². The topological polar surface area (TPSA) is 102 Å². The van der Waals surface area contributed by atoms with E-state index in [1.165, 1.54) is 18.6 Å². The Hall–Kier alpha value is -1.64. The Morgan fingerprint density at radius 3 is 2.63 bits per heavy atom. The average molecular weight is 417 g/mol. The molecule has 0 bridgehead atoms. The molecule has 1 aliphatic carbocycles. The maximum atomic E-state index is 12.1. The molecule has 1 aromatic carbocycles. The maximum absolute atomic E-state index is 12.1. The first-order chi connectivity index (χ1) is 12.8. The van der Waals surface area contributed by atoms with Crippen molar-refractivity contribution >= 4 is 33.5 Å². The number of sulfonamides is 1. The Morgan fingerprint density at radius 2 is 1.93 bits per heavy atom. The normalized spacial score (nSPS) is 20.1. The van der Waals surface area contributed by atoms with Gasteiger partial charge in [-0.15, -0.1) is 0 Å². The fourth-order valence-corrected chi connectivity index (χ4v) is 4.57. The summed E-state index contributed by atoms with van der Waals surface area (Å²) in [6.45, 7) is 1.59. The number of ether oxygens (including phenoxy) is 1. The van der Waals surface area contributed by atoms with E-state index >= 15 is 0 Å². The molecule has 150 valence electrons. The van der Waals surface area contributed by atoms with E-state index in [0.717, 1.165) is 19.3 Å². The molecule has 1 saturated carbocycles. The summed E-state index contributed by atoms with van der Waals surface area (Å²) >= 11 is 5.87. The van der Waals surface area contributed by atoms with Crippen LogP contribution in [-0.4, -0.2) is 39.5 Å². The number of amides is 1. The second-order valence-electron chi connectivity index (χ2n) is 6.67. The highest BCUT2D eigenvalue weighted by Gasteiger charge is 2.23. The van der Waals surface area contributed by atoms with Crippen molar-refractivity contribution in [2.75, 3.05) is 13.2 Å². The lowest BCUT2D eigenvalue weighted by atomic mass is 9.86. The van der Waals surface area contributed by atoms with E-state index in [1.54, 1.807) is 12.1 Å². The van der Waals surface area contributed by atoms with Crippen molar-refractivity contribution in [1.29, 1.82) is 0 Å². The van der Waals surface area contributed by atoms with Crippen LogP contribution in [-0.2, 0) is 24.3 Å². The first kappa shape index (κ1) is 21.7. The van der Waals surface area contributed by atoms with Gasteiger partial charge in [0.05, 0.1) is 11.4 Å². The molecule has 1 fully saturated rings. The summed E-state index contributed by atoms with van der Waals surface area (Å²) < 4.78 is 31.5. The molecular formula is C18H25ClN2O5S. The number of hydrogen-bond donors (Lipinski definition) is 2. The fraction of sp³-hybridized carbons (Fsp3) is 0.556. The molecule has 0 spiro atoms. The van der Waals surface area contributed by atoms with Crippen LogP contribution in [0.5, 0.6) is 0 Å². The fourth-order valence-electron chi connectivity index (χ4n) is 3.03. The average Bonchev–Trinajstić information content (AvgIpc) is 2.62. The summed E-state index contributed by atoms with van der Waals surface area (Å²) in [5.74, 6) is -0.569. The number of benzene rings is 1. The Bertz CT molecular complexity index is 769. The van der Waals surface area contributed by atoms with Gasteiger partial charge >= 0.3 is 5.97 Å². The lowest BCUT2D eigenvalue weighted by Crippen LogP contribution is -2.43. The van der Waals surface area contributed by atoms with E-state index in [-0.39, 0.29) is 41.4 Å². The summed E-state index contributed by atoms with van der Waals surface area (Å²) in [6.07, 6.45) is 4.09. The molecule has 0 heterocycles. The van der Waals surface area contributed by atoms with Gasteiger partial charge in [0.25, 0.3) is 5.91 Å². The van der Waals surface area contributed by atoms with Gasteiger partial charge in [0.15, 0.2) is 6.61 Å². The molecule has 9 heteroatoms. The van der Waals surface area contributed by atoms with Crippen molar-refractivity contribution in [1.82, 2.24) is 10.0 Å². The predicted octanol–water partition coefficient (Wildman–Crippen LogP) is 2.25. The Morgan fingerprint density at radius 1 is 1.22 bits per heavy atom. The smallest absolute Gasteiger partial charge is 0.307 e.